The van der Waals surface area contributed by atoms with Gasteiger partial charge in [-0.05, 0) is 65.6 Å². The molecule has 0 unspecified atom stereocenters. The van der Waals surface area contributed by atoms with Gasteiger partial charge in [-0.3, -0.25) is 9.59 Å². The van der Waals surface area contributed by atoms with Gasteiger partial charge in [-0.2, -0.15) is 0 Å². The first-order chi connectivity index (χ1) is 18.1. The van der Waals surface area contributed by atoms with Crippen molar-refractivity contribution in [3.8, 4) is 0 Å². The van der Waals surface area contributed by atoms with Crippen molar-refractivity contribution >= 4 is 46.9 Å². The number of nitrogens with zero attached hydrogens (tertiary/aromatic N) is 1. The summed E-state index contributed by atoms with van der Waals surface area (Å²) in [5, 5.41) is 3.61. The molecule has 1 aliphatic rings. The third kappa shape index (κ3) is 6.13. The molecule has 0 radical (unpaired) electrons. The standard InChI is InChI=1S/C31H25ClN2O2S/c32-26-10-6-9-24(19-26)21-34-27-11-4-5-12-28(27)37-29(31(34)36)20-23-13-15-25(16-14-23)30(35)33-18-17-22-7-2-1-3-8-22/h1-16,19-20H,17-18,21H2,(H,33,35). The highest BCUT2D eigenvalue weighted by atomic mass is 35.5. The molecule has 6 heteroatoms. The lowest BCUT2D eigenvalue weighted by Crippen LogP contribution is -2.33. The van der Waals surface area contributed by atoms with Crippen molar-refractivity contribution in [3.05, 3.63) is 135 Å². The van der Waals surface area contributed by atoms with Crippen LogP contribution in [-0.4, -0.2) is 18.4 Å². The quantitative estimate of drug-likeness (QED) is 0.265. The number of hydrogen-bond donors (Lipinski definition) is 1. The first-order valence-corrected chi connectivity index (χ1v) is 13.2. The Balaban J connectivity index is 1.30. The Hall–Kier alpha value is -3.80. The monoisotopic (exact) mass is 524 g/mol. The molecule has 4 aromatic carbocycles. The van der Waals surface area contributed by atoms with Gasteiger partial charge in [0.15, 0.2) is 0 Å². The van der Waals surface area contributed by atoms with Gasteiger partial charge in [0.1, 0.15) is 0 Å². The second-order valence-electron chi connectivity index (χ2n) is 8.71. The number of thioether (sulfide) groups is 1. The van der Waals surface area contributed by atoms with Gasteiger partial charge >= 0.3 is 0 Å². The van der Waals surface area contributed by atoms with Crippen LogP contribution >= 0.6 is 23.4 Å². The van der Waals surface area contributed by atoms with E-state index in [2.05, 4.69) is 5.32 Å². The maximum Gasteiger partial charge on any atom is 0.265 e. The van der Waals surface area contributed by atoms with E-state index in [4.69, 9.17) is 11.6 Å². The van der Waals surface area contributed by atoms with Gasteiger partial charge < -0.3 is 10.2 Å². The SMILES string of the molecule is O=C(NCCc1ccccc1)c1ccc(C=C2Sc3ccccc3N(Cc3cccc(Cl)c3)C2=O)cc1. The normalized spacial score (nSPS) is 13.9. The summed E-state index contributed by atoms with van der Waals surface area (Å²) in [4.78, 5) is 29.5. The summed E-state index contributed by atoms with van der Waals surface area (Å²) in [6.45, 7) is 0.998. The first-order valence-electron chi connectivity index (χ1n) is 12.0. The Morgan fingerprint density at radius 1 is 0.865 bits per heavy atom. The summed E-state index contributed by atoms with van der Waals surface area (Å²) in [5.41, 5.74) is 4.48. The Morgan fingerprint density at radius 3 is 2.38 bits per heavy atom. The molecule has 0 aromatic heterocycles. The topological polar surface area (TPSA) is 49.4 Å². The first kappa shape index (κ1) is 24.9. The summed E-state index contributed by atoms with van der Waals surface area (Å²) < 4.78 is 0. The number of rotatable bonds is 7. The summed E-state index contributed by atoms with van der Waals surface area (Å²) in [7, 11) is 0. The number of carbonyl (C=O) groups excluding carboxylic acids is 2. The highest BCUT2D eigenvalue weighted by molar-refractivity contribution is 8.04. The average molecular weight is 525 g/mol. The molecule has 4 nitrogen and oxygen atoms in total. The molecule has 0 fully saturated rings. The minimum absolute atomic E-state index is 0.0635. The number of para-hydroxylation sites is 1. The molecule has 37 heavy (non-hydrogen) atoms. The molecule has 1 aliphatic heterocycles. The predicted molar refractivity (Wildman–Crippen MR) is 152 cm³/mol. The molecule has 0 spiro atoms. The van der Waals surface area contributed by atoms with Crippen LogP contribution in [0.3, 0.4) is 0 Å². The van der Waals surface area contributed by atoms with E-state index in [0.717, 1.165) is 28.1 Å². The van der Waals surface area contributed by atoms with Gasteiger partial charge in [-0.15, -0.1) is 0 Å². The number of hydrogen-bond acceptors (Lipinski definition) is 3. The molecule has 184 valence electrons. The second-order valence-corrected chi connectivity index (χ2v) is 10.2. The highest BCUT2D eigenvalue weighted by Gasteiger charge is 2.29. The average Bonchev–Trinajstić information content (AvgIpc) is 2.92. The van der Waals surface area contributed by atoms with Crippen LogP contribution in [0, 0.1) is 0 Å². The highest BCUT2D eigenvalue weighted by Crippen LogP contribution is 2.42. The summed E-state index contributed by atoms with van der Waals surface area (Å²) >= 11 is 7.64. The zero-order valence-corrected chi connectivity index (χ0v) is 21.6. The molecule has 0 saturated carbocycles. The molecular formula is C31H25ClN2O2S. The van der Waals surface area contributed by atoms with Crippen LogP contribution in [0.5, 0.6) is 0 Å². The van der Waals surface area contributed by atoms with Crippen molar-refractivity contribution in [1.29, 1.82) is 0 Å². The Labute approximate surface area is 226 Å². The van der Waals surface area contributed by atoms with Crippen molar-refractivity contribution < 1.29 is 9.59 Å². The molecular weight excluding hydrogens is 500 g/mol. The van der Waals surface area contributed by atoms with Crippen LogP contribution in [0.25, 0.3) is 6.08 Å². The van der Waals surface area contributed by atoms with E-state index in [1.807, 2.05) is 97.1 Å². The molecule has 0 saturated heterocycles. The lowest BCUT2D eigenvalue weighted by atomic mass is 10.1. The van der Waals surface area contributed by atoms with Crippen LogP contribution in [0.2, 0.25) is 5.02 Å². The van der Waals surface area contributed by atoms with Gasteiger partial charge in [0.05, 0.1) is 17.1 Å². The molecule has 1 heterocycles. The van der Waals surface area contributed by atoms with Crippen LogP contribution in [0.4, 0.5) is 5.69 Å². The van der Waals surface area contributed by atoms with Crippen LogP contribution in [0.15, 0.2) is 113 Å². The Kier molecular flexibility index (Phi) is 7.73. The van der Waals surface area contributed by atoms with E-state index >= 15 is 0 Å². The predicted octanol–water partition coefficient (Wildman–Crippen LogP) is 6.99. The lowest BCUT2D eigenvalue weighted by molar-refractivity contribution is -0.114. The number of nitrogens with one attached hydrogen (secondary N) is 1. The van der Waals surface area contributed by atoms with E-state index in [9.17, 15) is 9.59 Å². The lowest BCUT2D eigenvalue weighted by Gasteiger charge is -2.30. The zero-order chi connectivity index (χ0) is 25.6. The summed E-state index contributed by atoms with van der Waals surface area (Å²) in [6.07, 6.45) is 2.66. The molecule has 0 aliphatic carbocycles. The maximum absolute atomic E-state index is 13.5. The van der Waals surface area contributed by atoms with Gasteiger partial charge in [-0.25, -0.2) is 0 Å². The molecule has 4 aromatic rings. The third-order valence-corrected chi connectivity index (χ3v) is 7.39. The number of anilines is 1. The van der Waals surface area contributed by atoms with Crippen molar-refractivity contribution in [3.63, 3.8) is 0 Å². The van der Waals surface area contributed by atoms with Crippen molar-refractivity contribution in [2.75, 3.05) is 11.4 Å². The van der Waals surface area contributed by atoms with E-state index < -0.39 is 0 Å². The number of benzene rings is 4. The maximum atomic E-state index is 13.5. The smallest absolute Gasteiger partial charge is 0.265 e. The van der Waals surface area contributed by atoms with E-state index in [0.29, 0.717) is 28.6 Å². The van der Waals surface area contributed by atoms with Crippen LogP contribution < -0.4 is 10.2 Å². The van der Waals surface area contributed by atoms with Gasteiger partial charge in [0, 0.05) is 22.0 Å². The van der Waals surface area contributed by atoms with Gasteiger partial charge in [0.2, 0.25) is 0 Å². The summed E-state index contributed by atoms with van der Waals surface area (Å²) in [6, 6.07) is 32.9. The molecule has 0 atom stereocenters. The van der Waals surface area contributed by atoms with E-state index in [1.165, 1.54) is 17.3 Å². The fourth-order valence-electron chi connectivity index (χ4n) is 4.19. The Morgan fingerprint density at radius 2 is 1.59 bits per heavy atom. The Bertz CT molecular complexity index is 1450. The van der Waals surface area contributed by atoms with E-state index in [1.54, 1.807) is 17.0 Å². The second kappa shape index (κ2) is 11.5. The molecule has 1 N–H and O–H groups in total. The number of fused-ring (bicyclic) bond motifs is 1. The minimum atomic E-state index is -0.111. The largest absolute Gasteiger partial charge is 0.352 e. The van der Waals surface area contributed by atoms with E-state index in [-0.39, 0.29) is 11.8 Å². The number of amides is 2. The number of halogens is 1. The third-order valence-electron chi connectivity index (χ3n) is 6.07. The molecule has 5 rings (SSSR count). The summed E-state index contributed by atoms with van der Waals surface area (Å²) in [5.74, 6) is -0.175. The molecule has 2 amide bonds. The van der Waals surface area contributed by atoms with Crippen LogP contribution in [-0.2, 0) is 17.8 Å². The van der Waals surface area contributed by atoms with Gasteiger partial charge in [-0.1, -0.05) is 90.1 Å². The molecule has 0 bridgehead atoms. The zero-order valence-electron chi connectivity index (χ0n) is 20.1. The van der Waals surface area contributed by atoms with Crippen LogP contribution in [0.1, 0.15) is 27.0 Å². The van der Waals surface area contributed by atoms with Crippen molar-refractivity contribution in [1.82, 2.24) is 5.32 Å². The van der Waals surface area contributed by atoms with Crippen molar-refractivity contribution in [2.45, 2.75) is 17.9 Å². The number of carbonyl (C=O) groups is 2. The minimum Gasteiger partial charge on any atom is -0.352 e. The fourth-order valence-corrected chi connectivity index (χ4v) is 5.46. The van der Waals surface area contributed by atoms with Crippen molar-refractivity contribution in [2.24, 2.45) is 0 Å². The van der Waals surface area contributed by atoms with Gasteiger partial charge in [0.25, 0.3) is 11.8 Å². The fraction of sp³-hybridized carbons (Fsp3) is 0.0968.